The van der Waals surface area contributed by atoms with Crippen molar-refractivity contribution in [3.05, 3.63) is 87.7 Å². The molecule has 5 aromatic rings. The standard InChI is InChI=1S/C41H45N7O6S2/c1-41(2,22-42-3)23-44-37(50)34-17-25-15-26(12-13-33(25)55-34)45-38(51)35-20-43-40(56-35)46-36(49)11-8-14-54-32-19-30-28(18-31(32)53-5)39(52)48-27(21-47(30)4)16-24-9-6-7-10-29(24)48/h6-7,9-10,12-13,15,17-20,27,42H,8,11,14,16,21-23H2,1-5H3,(H,44,50)(H,45,51)(H,43,46,49)/t27-/m0/s1. The van der Waals surface area contributed by atoms with Crippen LogP contribution in [0.5, 0.6) is 11.5 Å². The van der Waals surface area contributed by atoms with E-state index in [9.17, 15) is 19.2 Å². The maximum absolute atomic E-state index is 13.8. The van der Waals surface area contributed by atoms with Crippen LogP contribution in [-0.4, -0.2) is 82.1 Å². The number of ether oxygens (including phenoxy) is 2. The third-order valence-corrected chi connectivity index (χ3v) is 11.9. The van der Waals surface area contributed by atoms with Crippen molar-refractivity contribution in [2.24, 2.45) is 5.41 Å². The molecule has 13 nitrogen and oxygen atoms in total. The highest BCUT2D eigenvalue weighted by Gasteiger charge is 2.39. The lowest BCUT2D eigenvalue weighted by atomic mass is 9.93. The molecule has 2 aliphatic heterocycles. The molecule has 0 spiro atoms. The van der Waals surface area contributed by atoms with Gasteiger partial charge in [-0.1, -0.05) is 43.4 Å². The number of likely N-dealkylation sites (N-methyl/N-ethyl adjacent to an activating group) is 1. The number of hydrogen-bond donors (Lipinski definition) is 4. The Morgan fingerprint density at radius 2 is 1.77 bits per heavy atom. The number of methoxy groups -OCH3 is 1. The highest BCUT2D eigenvalue weighted by Crippen LogP contribution is 2.42. The quantitative estimate of drug-likeness (QED) is 0.0934. The summed E-state index contributed by atoms with van der Waals surface area (Å²) in [5.41, 5.74) is 3.93. The number of aromatic nitrogens is 1. The molecule has 0 aliphatic carbocycles. The van der Waals surface area contributed by atoms with Crippen molar-refractivity contribution in [2.75, 3.05) is 67.9 Å². The van der Waals surface area contributed by atoms with Crippen molar-refractivity contribution in [1.82, 2.24) is 15.6 Å². The summed E-state index contributed by atoms with van der Waals surface area (Å²) in [6.45, 7) is 6.40. The van der Waals surface area contributed by atoms with Gasteiger partial charge in [-0.25, -0.2) is 4.98 Å². The normalized spacial score (nSPS) is 14.8. The Hall–Kier alpha value is -5.51. The summed E-state index contributed by atoms with van der Waals surface area (Å²) in [7, 11) is 5.41. The number of rotatable bonds is 14. The third-order valence-electron chi connectivity index (χ3n) is 9.86. The molecule has 15 heteroatoms. The molecule has 4 heterocycles. The molecule has 56 heavy (non-hydrogen) atoms. The van der Waals surface area contributed by atoms with Crippen LogP contribution in [-0.2, 0) is 11.2 Å². The predicted octanol–water partition coefficient (Wildman–Crippen LogP) is 6.41. The van der Waals surface area contributed by atoms with E-state index in [0.29, 0.717) is 57.1 Å². The molecule has 292 valence electrons. The number of anilines is 4. The largest absolute Gasteiger partial charge is 0.493 e. The molecule has 0 unspecified atom stereocenters. The first kappa shape index (κ1) is 38.8. The Morgan fingerprint density at radius 3 is 2.57 bits per heavy atom. The van der Waals surface area contributed by atoms with E-state index in [4.69, 9.17) is 9.47 Å². The van der Waals surface area contributed by atoms with Gasteiger partial charge in [0, 0.05) is 55.2 Å². The first-order valence-electron chi connectivity index (χ1n) is 18.4. The van der Waals surface area contributed by atoms with Crippen LogP contribution < -0.4 is 40.5 Å². The summed E-state index contributed by atoms with van der Waals surface area (Å²) in [6.07, 6.45) is 2.80. The predicted molar refractivity (Wildman–Crippen MR) is 222 cm³/mol. The molecule has 7 rings (SSSR count). The fourth-order valence-electron chi connectivity index (χ4n) is 7.14. The number of nitrogens with one attached hydrogen (secondary N) is 4. The van der Waals surface area contributed by atoms with Crippen LogP contribution >= 0.6 is 22.7 Å². The summed E-state index contributed by atoms with van der Waals surface area (Å²) in [6, 6.07) is 19.0. The van der Waals surface area contributed by atoms with E-state index in [1.807, 2.05) is 61.5 Å². The minimum atomic E-state index is -0.358. The number of hydrogen-bond acceptors (Lipinski definition) is 11. The van der Waals surface area contributed by atoms with Crippen molar-refractivity contribution in [1.29, 1.82) is 0 Å². The minimum Gasteiger partial charge on any atom is -0.493 e. The Bertz CT molecular complexity index is 2300. The highest BCUT2D eigenvalue weighted by molar-refractivity contribution is 7.20. The van der Waals surface area contributed by atoms with Gasteiger partial charge in [0.05, 0.1) is 42.1 Å². The van der Waals surface area contributed by atoms with E-state index in [2.05, 4.69) is 51.1 Å². The summed E-state index contributed by atoms with van der Waals surface area (Å²) >= 11 is 2.48. The molecule has 0 saturated carbocycles. The number of amides is 4. The number of fused-ring (bicyclic) bond motifs is 5. The van der Waals surface area contributed by atoms with Gasteiger partial charge in [0.2, 0.25) is 5.91 Å². The van der Waals surface area contributed by atoms with Gasteiger partial charge >= 0.3 is 0 Å². The van der Waals surface area contributed by atoms with Gasteiger partial charge in [-0.05, 0) is 72.7 Å². The second-order valence-electron chi connectivity index (χ2n) is 14.8. The number of nitrogens with zero attached hydrogens (tertiary/aromatic N) is 3. The van der Waals surface area contributed by atoms with Crippen LogP contribution in [0.15, 0.2) is 66.9 Å². The lowest BCUT2D eigenvalue weighted by Crippen LogP contribution is -2.41. The van der Waals surface area contributed by atoms with Crippen molar-refractivity contribution in [3.8, 4) is 11.5 Å². The van der Waals surface area contributed by atoms with E-state index in [-0.39, 0.29) is 48.1 Å². The molecule has 1 atom stereocenters. The van der Waals surface area contributed by atoms with E-state index < -0.39 is 0 Å². The molecule has 0 bridgehead atoms. The van der Waals surface area contributed by atoms with Crippen LogP contribution in [0.1, 0.15) is 62.0 Å². The van der Waals surface area contributed by atoms with Gasteiger partial charge in [-0.15, -0.1) is 11.3 Å². The smallest absolute Gasteiger partial charge is 0.267 e. The Balaban J connectivity index is 0.901. The molecular formula is C41H45N7O6S2. The molecule has 0 radical (unpaired) electrons. The van der Waals surface area contributed by atoms with Crippen molar-refractivity contribution in [2.45, 2.75) is 39.2 Å². The molecule has 2 aromatic heterocycles. The zero-order valence-corrected chi connectivity index (χ0v) is 33.6. The summed E-state index contributed by atoms with van der Waals surface area (Å²) in [4.78, 5) is 61.7. The number of thiazole rings is 1. The maximum Gasteiger partial charge on any atom is 0.267 e. The van der Waals surface area contributed by atoms with Crippen LogP contribution in [0.4, 0.5) is 22.2 Å². The maximum atomic E-state index is 13.8. The van der Waals surface area contributed by atoms with Crippen LogP contribution in [0, 0.1) is 5.41 Å². The van der Waals surface area contributed by atoms with Crippen LogP contribution in [0.3, 0.4) is 0 Å². The van der Waals surface area contributed by atoms with Gasteiger partial charge in [0.15, 0.2) is 16.6 Å². The lowest BCUT2D eigenvalue weighted by molar-refractivity contribution is -0.116. The topological polar surface area (TPSA) is 154 Å². The van der Waals surface area contributed by atoms with Crippen molar-refractivity contribution < 1.29 is 28.7 Å². The van der Waals surface area contributed by atoms with E-state index >= 15 is 0 Å². The summed E-state index contributed by atoms with van der Waals surface area (Å²) in [5, 5.41) is 13.0. The monoisotopic (exact) mass is 795 g/mol. The molecular weight excluding hydrogens is 751 g/mol. The zero-order valence-electron chi connectivity index (χ0n) is 32.0. The van der Waals surface area contributed by atoms with Gasteiger partial charge in [-0.3, -0.25) is 19.2 Å². The number of para-hydroxylation sites is 1. The minimum absolute atomic E-state index is 0.0261. The molecule has 4 amide bonds. The van der Waals surface area contributed by atoms with Crippen LogP contribution in [0.2, 0.25) is 0 Å². The van der Waals surface area contributed by atoms with Gasteiger partial charge in [0.25, 0.3) is 17.7 Å². The van der Waals surface area contributed by atoms with Gasteiger partial charge in [0.1, 0.15) is 4.88 Å². The summed E-state index contributed by atoms with van der Waals surface area (Å²) < 4.78 is 12.7. The third kappa shape index (κ3) is 8.34. The van der Waals surface area contributed by atoms with E-state index in [1.165, 1.54) is 30.2 Å². The Kier molecular flexibility index (Phi) is 11.3. The van der Waals surface area contributed by atoms with Crippen molar-refractivity contribution in [3.63, 3.8) is 0 Å². The molecule has 4 N–H and O–H groups in total. The average molecular weight is 796 g/mol. The second-order valence-corrected chi connectivity index (χ2v) is 16.9. The second kappa shape index (κ2) is 16.3. The van der Waals surface area contributed by atoms with Crippen molar-refractivity contribution >= 4 is 78.6 Å². The first-order valence-corrected chi connectivity index (χ1v) is 20.1. The number of carbonyl (C=O) groups is 4. The fourth-order valence-corrected chi connectivity index (χ4v) is 8.83. The molecule has 0 fully saturated rings. The van der Waals surface area contributed by atoms with Crippen LogP contribution in [0.25, 0.3) is 10.1 Å². The fraction of sp³-hybridized carbons (Fsp3) is 0.341. The molecule has 2 aliphatic rings. The average Bonchev–Trinajstić information content (AvgIpc) is 3.90. The molecule has 0 saturated heterocycles. The SMILES string of the molecule is CNCC(C)(C)CNC(=O)c1cc2cc(NC(=O)c3cnc(NC(=O)CCCOc4cc5c(cc4OC)C(=O)N4c6ccccc6C[C@H]4CN5C)s3)ccc2s1. The highest BCUT2D eigenvalue weighted by atomic mass is 32.1. The number of thiophene rings is 1. The summed E-state index contributed by atoms with van der Waals surface area (Å²) in [5.74, 6) is 0.120. The van der Waals surface area contributed by atoms with E-state index in [0.717, 1.165) is 45.8 Å². The Morgan fingerprint density at radius 1 is 0.946 bits per heavy atom. The lowest BCUT2D eigenvalue weighted by Gasteiger charge is -2.25. The molecule has 3 aromatic carbocycles. The Labute approximate surface area is 333 Å². The zero-order chi connectivity index (χ0) is 39.6. The number of benzene rings is 3. The number of carbonyl (C=O) groups excluding carboxylic acids is 4. The van der Waals surface area contributed by atoms with Gasteiger partial charge < -0.3 is 40.5 Å². The van der Waals surface area contributed by atoms with Gasteiger partial charge in [-0.2, -0.15) is 0 Å². The first-order chi connectivity index (χ1) is 26.9. The van der Waals surface area contributed by atoms with E-state index in [1.54, 1.807) is 12.1 Å².